The van der Waals surface area contributed by atoms with Gasteiger partial charge in [0, 0.05) is 17.5 Å². The minimum absolute atomic E-state index is 0.678. The molecule has 0 radical (unpaired) electrons. The van der Waals surface area contributed by atoms with Crippen molar-refractivity contribution < 1.29 is 0 Å². The van der Waals surface area contributed by atoms with E-state index in [0.29, 0.717) is 6.04 Å². The molecule has 2 rings (SSSR count). The van der Waals surface area contributed by atoms with E-state index in [2.05, 4.69) is 31.1 Å². The van der Waals surface area contributed by atoms with Crippen LogP contribution in [0, 0.1) is 19.8 Å². The average Bonchev–Trinajstić information content (AvgIpc) is 2.90. The normalized spacial score (nSPS) is 18.5. The maximum atomic E-state index is 4.43. The van der Waals surface area contributed by atoms with Crippen molar-refractivity contribution in [2.45, 2.75) is 46.2 Å². The molecular weight excluding hydrogens is 192 g/mol. The maximum Gasteiger partial charge on any atom is 0.0900 e. The molecule has 78 valence electrons. The van der Waals surface area contributed by atoms with Gasteiger partial charge in [-0.25, -0.2) is 4.98 Å². The number of hydrogen-bond acceptors (Lipinski definition) is 3. The van der Waals surface area contributed by atoms with Crippen molar-refractivity contribution in [1.82, 2.24) is 10.3 Å². The summed E-state index contributed by atoms with van der Waals surface area (Å²) < 4.78 is 0. The number of hydrogen-bond donors (Lipinski definition) is 1. The Morgan fingerprint density at radius 3 is 2.71 bits per heavy atom. The molecule has 1 N–H and O–H groups in total. The Balaban J connectivity index is 1.87. The van der Waals surface area contributed by atoms with E-state index >= 15 is 0 Å². The summed E-state index contributed by atoms with van der Waals surface area (Å²) in [5.74, 6) is 0.935. The zero-order valence-electron chi connectivity index (χ0n) is 9.13. The van der Waals surface area contributed by atoms with Gasteiger partial charge in [-0.2, -0.15) is 0 Å². The summed E-state index contributed by atoms with van der Waals surface area (Å²) in [6, 6.07) is 0.678. The molecule has 0 bridgehead atoms. The van der Waals surface area contributed by atoms with Crippen LogP contribution in [0.3, 0.4) is 0 Å². The molecule has 0 saturated heterocycles. The number of aryl methyl sites for hydroxylation is 2. The zero-order chi connectivity index (χ0) is 10.1. The van der Waals surface area contributed by atoms with Crippen LogP contribution in [-0.2, 0) is 6.54 Å². The van der Waals surface area contributed by atoms with Gasteiger partial charge in [0.05, 0.1) is 10.7 Å². The Kier molecular flexibility index (Phi) is 2.88. The van der Waals surface area contributed by atoms with Gasteiger partial charge < -0.3 is 5.32 Å². The van der Waals surface area contributed by atoms with Gasteiger partial charge in [0.25, 0.3) is 0 Å². The molecule has 1 aliphatic rings. The second-order valence-corrected chi connectivity index (χ2v) is 5.54. The number of nitrogens with one attached hydrogen (secondary N) is 1. The molecule has 1 unspecified atom stereocenters. The molecule has 14 heavy (non-hydrogen) atoms. The van der Waals surface area contributed by atoms with Crippen molar-refractivity contribution in [3.63, 3.8) is 0 Å². The topological polar surface area (TPSA) is 24.9 Å². The highest BCUT2D eigenvalue weighted by Gasteiger charge is 2.27. The number of rotatable bonds is 4. The summed E-state index contributed by atoms with van der Waals surface area (Å²) in [5, 5.41) is 4.76. The van der Waals surface area contributed by atoms with Crippen molar-refractivity contribution in [1.29, 1.82) is 0 Å². The first-order chi connectivity index (χ1) is 6.66. The Bertz CT molecular complexity index is 315. The summed E-state index contributed by atoms with van der Waals surface area (Å²) in [6.07, 6.45) is 2.82. The molecule has 1 aromatic rings. The minimum atomic E-state index is 0.678. The third kappa shape index (κ3) is 2.34. The van der Waals surface area contributed by atoms with E-state index in [9.17, 15) is 0 Å². The highest BCUT2D eigenvalue weighted by atomic mass is 32.1. The standard InChI is InChI=1S/C11H18N2S/c1-7(10-4-5-10)12-6-11-8(2)13-9(3)14-11/h7,10,12H,4-6H2,1-3H3. The first-order valence-corrected chi connectivity index (χ1v) is 6.14. The maximum absolute atomic E-state index is 4.43. The molecule has 1 aliphatic carbocycles. The molecule has 0 amide bonds. The predicted molar refractivity (Wildman–Crippen MR) is 60.6 cm³/mol. The van der Waals surface area contributed by atoms with Crippen LogP contribution in [0.15, 0.2) is 0 Å². The van der Waals surface area contributed by atoms with Crippen LogP contribution in [0.2, 0.25) is 0 Å². The zero-order valence-corrected chi connectivity index (χ0v) is 9.95. The van der Waals surface area contributed by atoms with Crippen LogP contribution in [0.25, 0.3) is 0 Å². The van der Waals surface area contributed by atoms with E-state index in [-0.39, 0.29) is 0 Å². The van der Waals surface area contributed by atoms with E-state index in [1.807, 2.05) is 11.3 Å². The number of thiazole rings is 1. The van der Waals surface area contributed by atoms with Gasteiger partial charge >= 0.3 is 0 Å². The molecule has 1 atom stereocenters. The summed E-state index contributed by atoms with van der Waals surface area (Å²) >= 11 is 1.81. The van der Waals surface area contributed by atoms with Gasteiger partial charge in [0.2, 0.25) is 0 Å². The predicted octanol–water partition coefficient (Wildman–Crippen LogP) is 2.65. The lowest BCUT2D eigenvalue weighted by Gasteiger charge is -2.11. The summed E-state index contributed by atoms with van der Waals surface area (Å²) in [5.41, 5.74) is 1.20. The molecule has 1 fully saturated rings. The van der Waals surface area contributed by atoms with Crippen LogP contribution in [-0.4, -0.2) is 11.0 Å². The largest absolute Gasteiger partial charge is 0.309 e. The van der Waals surface area contributed by atoms with E-state index < -0.39 is 0 Å². The third-order valence-electron chi connectivity index (χ3n) is 2.91. The molecule has 3 heteroatoms. The van der Waals surface area contributed by atoms with Crippen molar-refractivity contribution in [3.05, 3.63) is 15.6 Å². The molecule has 0 spiro atoms. The van der Waals surface area contributed by atoms with Crippen molar-refractivity contribution in [2.24, 2.45) is 5.92 Å². The number of nitrogens with zero attached hydrogens (tertiary/aromatic N) is 1. The first-order valence-electron chi connectivity index (χ1n) is 5.33. The Hall–Kier alpha value is -0.410. The van der Waals surface area contributed by atoms with Gasteiger partial charge in [-0.05, 0) is 39.5 Å². The van der Waals surface area contributed by atoms with Crippen LogP contribution in [0.4, 0.5) is 0 Å². The molecule has 0 aliphatic heterocycles. The highest BCUT2D eigenvalue weighted by Crippen LogP contribution is 2.32. The van der Waals surface area contributed by atoms with E-state index in [1.54, 1.807) is 0 Å². The second kappa shape index (κ2) is 3.99. The van der Waals surface area contributed by atoms with Crippen molar-refractivity contribution >= 4 is 11.3 Å². The van der Waals surface area contributed by atoms with Crippen LogP contribution >= 0.6 is 11.3 Å². The minimum Gasteiger partial charge on any atom is -0.309 e. The van der Waals surface area contributed by atoms with Gasteiger partial charge in [-0.1, -0.05) is 0 Å². The molecule has 1 aromatic heterocycles. The van der Waals surface area contributed by atoms with Crippen LogP contribution in [0.1, 0.15) is 35.3 Å². The molecule has 0 aromatic carbocycles. The smallest absolute Gasteiger partial charge is 0.0900 e. The fraction of sp³-hybridized carbons (Fsp3) is 0.727. The molecule has 2 nitrogen and oxygen atoms in total. The van der Waals surface area contributed by atoms with Gasteiger partial charge in [-0.15, -0.1) is 11.3 Å². The van der Waals surface area contributed by atoms with Crippen molar-refractivity contribution in [2.75, 3.05) is 0 Å². The highest BCUT2D eigenvalue weighted by molar-refractivity contribution is 7.11. The Morgan fingerprint density at radius 1 is 1.50 bits per heavy atom. The lowest BCUT2D eigenvalue weighted by Crippen LogP contribution is -2.27. The summed E-state index contributed by atoms with van der Waals surface area (Å²) in [7, 11) is 0. The Morgan fingerprint density at radius 2 is 2.21 bits per heavy atom. The second-order valence-electron chi connectivity index (χ2n) is 4.25. The van der Waals surface area contributed by atoms with Crippen LogP contribution < -0.4 is 5.32 Å². The monoisotopic (exact) mass is 210 g/mol. The Labute approximate surface area is 89.8 Å². The molecule has 1 saturated carbocycles. The van der Waals surface area contributed by atoms with Gasteiger partial charge in [0.1, 0.15) is 0 Å². The lowest BCUT2D eigenvalue weighted by molar-refractivity contribution is 0.498. The van der Waals surface area contributed by atoms with E-state index in [1.165, 1.54) is 28.4 Å². The van der Waals surface area contributed by atoms with Crippen LogP contribution in [0.5, 0.6) is 0 Å². The molecule has 1 heterocycles. The quantitative estimate of drug-likeness (QED) is 0.826. The molecular formula is C11H18N2S. The number of aromatic nitrogens is 1. The van der Waals surface area contributed by atoms with Crippen molar-refractivity contribution in [3.8, 4) is 0 Å². The fourth-order valence-corrected chi connectivity index (χ4v) is 2.64. The fourth-order valence-electron chi connectivity index (χ4n) is 1.75. The lowest BCUT2D eigenvalue weighted by atomic mass is 10.2. The summed E-state index contributed by atoms with van der Waals surface area (Å²) in [6.45, 7) is 7.46. The summed E-state index contributed by atoms with van der Waals surface area (Å²) in [4.78, 5) is 5.83. The van der Waals surface area contributed by atoms with E-state index in [0.717, 1.165) is 12.5 Å². The van der Waals surface area contributed by atoms with E-state index in [4.69, 9.17) is 0 Å². The average molecular weight is 210 g/mol. The SMILES string of the molecule is Cc1nc(C)c(CNC(C)C2CC2)s1. The third-order valence-corrected chi connectivity index (χ3v) is 3.99. The van der Waals surface area contributed by atoms with Gasteiger partial charge in [-0.3, -0.25) is 0 Å². The van der Waals surface area contributed by atoms with Gasteiger partial charge in [0.15, 0.2) is 0 Å². The first kappa shape index (κ1) is 10.1.